The van der Waals surface area contributed by atoms with Crippen molar-refractivity contribution in [3.63, 3.8) is 0 Å². The molecule has 0 aromatic carbocycles. The zero-order chi connectivity index (χ0) is 10.7. The largest absolute Gasteiger partial charge is 0.379 e. The van der Waals surface area contributed by atoms with E-state index in [-0.39, 0.29) is 5.91 Å². The maximum absolute atomic E-state index is 11.4. The Labute approximate surface area is 90.5 Å². The highest BCUT2D eigenvalue weighted by Gasteiger charge is 2.29. The Morgan fingerprint density at radius 1 is 1.33 bits per heavy atom. The summed E-state index contributed by atoms with van der Waals surface area (Å²) < 4.78 is 5.32. The number of hydrogen-bond donors (Lipinski definition) is 0. The van der Waals surface area contributed by atoms with Gasteiger partial charge in [-0.3, -0.25) is 9.69 Å². The maximum Gasteiger partial charge on any atom is 0.246 e. The Hall–Kier alpha value is -0.870. The van der Waals surface area contributed by atoms with Crippen LogP contribution in [0.25, 0.3) is 0 Å². The molecular formula is C11H18N2O2. The number of carbonyl (C=O) groups excluding carboxylic acids is 1. The summed E-state index contributed by atoms with van der Waals surface area (Å²) in [7, 11) is 0. The second kappa shape index (κ2) is 4.77. The van der Waals surface area contributed by atoms with E-state index in [2.05, 4.69) is 11.5 Å². The van der Waals surface area contributed by atoms with Gasteiger partial charge in [0.1, 0.15) is 0 Å². The molecule has 15 heavy (non-hydrogen) atoms. The third-order valence-electron chi connectivity index (χ3n) is 3.21. The van der Waals surface area contributed by atoms with Crippen molar-refractivity contribution in [3.05, 3.63) is 12.7 Å². The van der Waals surface area contributed by atoms with E-state index in [1.165, 1.54) is 6.08 Å². The summed E-state index contributed by atoms with van der Waals surface area (Å²) in [5.41, 5.74) is 0. The summed E-state index contributed by atoms with van der Waals surface area (Å²) in [6.07, 6.45) is 2.49. The highest BCUT2D eigenvalue weighted by molar-refractivity contribution is 5.87. The molecule has 1 amide bonds. The van der Waals surface area contributed by atoms with Crippen LogP contribution in [-0.2, 0) is 9.53 Å². The first-order valence-electron chi connectivity index (χ1n) is 5.54. The Kier molecular flexibility index (Phi) is 3.38. The minimum Gasteiger partial charge on any atom is -0.379 e. The van der Waals surface area contributed by atoms with Gasteiger partial charge in [-0.25, -0.2) is 0 Å². The zero-order valence-electron chi connectivity index (χ0n) is 9.02. The van der Waals surface area contributed by atoms with Crippen molar-refractivity contribution >= 4 is 5.91 Å². The molecule has 2 heterocycles. The van der Waals surface area contributed by atoms with Crippen LogP contribution in [0.5, 0.6) is 0 Å². The first kappa shape index (κ1) is 10.6. The molecule has 0 N–H and O–H groups in total. The van der Waals surface area contributed by atoms with E-state index in [0.717, 1.165) is 45.8 Å². The molecule has 84 valence electrons. The lowest BCUT2D eigenvalue weighted by Crippen LogP contribution is -2.45. The molecule has 2 rings (SSSR count). The van der Waals surface area contributed by atoms with Crippen LogP contribution >= 0.6 is 0 Å². The molecule has 0 aromatic heterocycles. The van der Waals surface area contributed by atoms with Crippen LogP contribution in [0.2, 0.25) is 0 Å². The summed E-state index contributed by atoms with van der Waals surface area (Å²) in [5, 5.41) is 0. The van der Waals surface area contributed by atoms with Crippen molar-refractivity contribution < 1.29 is 9.53 Å². The van der Waals surface area contributed by atoms with Crippen molar-refractivity contribution in [3.8, 4) is 0 Å². The molecule has 0 radical (unpaired) electrons. The highest BCUT2D eigenvalue weighted by atomic mass is 16.5. The van der Waals surface area contributed by atoms with Gasteiger partial charge in [-0.15, -0.1) is 0 Å². The predicted molar refractivity (Wildman–Crippen MR) is 57.6 cm³/mol. The molecular weight excluding hydrogens is 192 g/mol. The molecule has 2 fully saturated rings. The zero-order valence-corrected chi connectivity index (χ0v) is 9.02. The average molecular weight is 210 g/mol. The second-order valence-electron chi connectivity index (χ2n) is 4.08. The fraction of sp³-hybridized carbons (Fsp3) is 0.727. The Bertz CT molecular complexity index is 249. The molecule has 4 heteroatoms. The Morgan fingerprint density at radius 3 is 2.73 bits per heavy atom. The van der Waals surface area contributed by atoms with Crippen LogP contribution in [0.1, 0.15) is 6.42 Å². The average Bonchev–Trinajstić information content (AvgIpc) is 2.78. The second-order valence-corrected chi connectivity index (χ2v) is 4.08. The van der Waals surface area contributed by atoms with Crippen LogP contribution in [0.4, 0.5) is 0 Å². The molecule has 0 aromatic rings. The van der Waals surface area contributed by atoms with Crippen molar-refractivity contribution in [1.29, 1.82) is 0 Å². The van der Waals surface area contributed by atoms with Gasteiger partial charge in [0.05, 0.1) is 13.2 Å². The van der Waals surface area contributed by atoms with Gasteiger partial charge in [-0.1, -0.05) is 6.58 Å². The minimum atomic E-state index is 0.0609. The number of carbonyl (C=O) groups is 1. The fourth-order valence-electron chi connectivity index (χ4n) is 2.31. The molecule has 0 spiro atoms. The van der Waals surface area contributed by atoms with Crippen LogP contribution in [0.15, 0.2) is 12.7 Å². The van der Waals surface area contributed by atoms with Gasteiger partial charge in [0, 0.05) is 32.2 Å². The summed E-state index contributed by atoms with van der Waals surface area (Å²) in [6, 6.07) is 0.526. The molecule has 1 unspecified atom stereocenters. The number of rotatable bonds is 2. The lowest BCUT2D eigenvalue weighted by molar-refractivity contribution is -0.125. The predicted octanol–water partition coefficient (Wildman–Crippen LogP) is 0.106. The molecule has 1 atom stereocenters. The lowest BCUT2D eigenvalue weighted by atomic mass is 10.2. The van der Waals surface area contributed by atoms with Crippen molar-refractivity contribution in [1.82, 2.24) is 9.80 Å². The fourth-order valence-corrected chi connectivity index (χ4v) is 2.31. The summed E-state index contributed by atoms with van der Waals surface area (Å²) in [6.45, 7) is 8.89. The normalized spacial score (nSPS) is 28.0. The van der Waals surface area contributed by atoms with E-state index >= 15 is 0 Å². The van der Waals surface area contributed by atoms with Crippen LogP contribution in [-0.4, -0.2) is 61.1 Å². The first-order chi connectivity index (χ1) is 7.31. The number of ether oxygens (including phenoxy) is 1. The van der Waals surface area contributed by atoms with Gasteiger partial charge < -0.3 is 9.64 Å². The van der Waals surface area contributed by atoms with Crippen LogP contribution in [0, 0.1) is 0 Å². The molecule has 2 saturated heterocycles. The SMILES string of the molecule is C=CC(=O)N1CCC(N2CCOCC2)C1. The van der Waals surface area contributed by atoms with Gasteiger partial charge in [-0.2, -0.15) is 0 Å². The molecule has 2 aliphatic heterocycles. The van der Waals surface area contributed by atoms with Crippen LogP contribution in [0.3, 0.4) is 0 Å². The molecule has 0 aliphatic carbocycles. The van der Waals surface area contributed by atoms with E-state index < -0.39 is 0 Å². The number of hydrogen-bond acceptors (Lipinski definition) is 3. The molecule has 4 nitrogen and oxygen atoms in total. The monoisotopic (exact) mass is 210 g/mol. The Morgan fingerprint density at radius 2 is 2.07 bits per heavy atom. The van der Waals surface area contributed by atoms with Gasteiger partial charge in [0.2, 0.25) is 5.91 Å². The topological polar surface area (TPSA) is 32.8 Å². The van der Waals surface area contributed by atoms with Gasteiger partial charge >= 0.3 is 0 Å². The number of likely N-dealkylation sites (tertiary alicyclic amines) is 1. The minimum absolute atomic E-state index is 0.0609. The number of morpholine rings is 1. The Balaban J connectivity index is 1.85. The summed E-state index contributed by atoms with van der Waals surface area (Å²) >= 11 is 0. The third kappa shape index (κ3) is 2.38. The summed E-state index contributed by atoms with van der Waals surface area (Å²) in [4.78, 5) is 15.7. The van der Waals surface area contributed by atoms with E-state index in [9.17, 15) is 4.79 Å². The van der Waals surface area contributed by atoms with Crippen LogP contribution < -0.4 is 0 Å². The third-order valence-corrected chi connectivity index (χ3v) is 3.21. The number of amides is 1. The summed E-state index contributed by atoms with van der Waals surface area (Å²) in [5.74, 6) is 0.0609. The lowest BCUT2D eigenvalue weighted by Gasteiger charge is -2.31. The van der Waals surface area contributed by atoms with Gasteiger partial charge in [-0.05, 0) is 12.5 Å². The molecule has 0 bridgehead atoms. The van der Waals surface area contributed by atoms with E-state index in [0.29, 0.717) is 6.04 Å². The first-order valence-corrected chi connectivity index (χ1v) is 5.54. The highest BCUT2D eigenvalue weighted by Crippen LogP contribution is 2.16. The van der Waals surface area contributed by atoms with Crippen molar-refractivity contribution in [2.75, 3.05) is 39.4 Å². The quantitative estimate of drug-likeness (QED) is 0.606. The van der Waals surface area contributed by atoms with Gasteiger partial charge in [0.25, 0.3) is 0 Å². The van der Waals surface area contributed by atoms with E-state index in [1.54, 1.807) is 0 Å². The molecule has 2 aliphatic rings. The maximum atomic E-state index is 11.4. The smallest absolute Gasteiger partial charge is 0.246 e. The van der Waals surface area contributed by atoms with Crippen molar-refractivity contribution in [2.24, 2.45) is 0 Å². The standard InChI is InChI=1S/C11H18N2O2/c1-2-11(14)13-4-3-10(9-13)12-5-7-15-8-6-12/h2,10H,1,3-9H2. The van der Waals surface area contributed by atoms with Gasteiger partial charge in [0.15, 0.2) is 0 Å². The molecule has 0 saturated carbocycles. The van der Waals surface area contributed by atoms with E-state index in [4.69, 9.17) is 4.74 Å². The van der Waals surface area contributed by atoms with E-state index in [1.807, 2.05) is 4.90 Å². The van der Waals surface area contributed by atoms with Crippen molar-refractivity contribution in [2.45, 2.75) is 12.5 Å². The number of nitrogens with zero attached hydrogens (tertiary/aromatic N) is 2.